The third-order valence-electron chi connectivity index (χ3n) is 2.97. The molecule has 0 aromatic heterocycles. The summed E-state index contributed by atoms with van der Waals surface area (Å²) < 4.78 is 5.38. The molecule has 0 atom stereocenters. The van der Waals surface area contributed by atoms with Crippen molar-refractivity contribution < 1.29 is 10.1 Å². The molecule has 0 unspecified atom stereocenters. The van der Waals surface area contributed by atoms with Crippen LogP contribution in [0.3, 0.4) is 0 Å². The second-order valence-corrected chi connectivity index (χ2v) is 4.09. The molecule has 0 aliphatic carbocycles. The van der Waals surface area contributed by atoms with E-state index < -0.39 is 0 Å². The Hall–Kier alpha value is -0.870. The molecule has 4 nitrogen and oxygen atoms in total. The van der Waals surface area contributed by atoms with Crippen molar-refractivity contribution in [2.75, 3.05) is 39.4 Å². The Morgan fingerprint density at radius 2 is 2.00 bits per heavy atom. The lowest BCUT2D eigenvalue weighted by atomic mass is 10.2. The number of allylic oxidation sites excluding steroid dienone is 2. The van der Waals surface area contributed by atoms with Gasteiger partial charge in [-0.25, -0.2) is 0 Å². The van der Waals surface area contributed by atoms with Gasteiger partial charge in [0.2, 0.25) is 0 Å². The first kappa shape index (κ1) is 10.6. The molecule has 2 rings (SSSR count). The number of hydrogen-bond donors (Lipinski definition) is 1. The van der Waals surface area contributed by atoms with Gasteiger partial charge in [-0.15, -0.1) is 0 Å². The summed E-state index contributed by atoms with van der Waals surface area (Å²) in [6.07, 6.45) is 0. The first-order chi connectivity index (χ1) is 7.29. The van der Waals surface area contributed by atoms with Gasteiger partial charge in [0.05, 0.1) is 32.0 Å². The van der Waals surface area contributed by atoms with Gasteiger partial charge < -0.3 is 15.0 Å². The standard InChI is InChI=1S/C11H19N3O/c1-9-11(10(2)13-4-3-12-9)14-5-7-15-8-6-14/h12H,3-8H2,1-2H3/p+1. The number of morpholine rings is 1. The first-order valence-electron chi connectivity index (χ1n) is 5.67. The maximum absolute atomic E-state index is 5.38. The molecule has 4 heteroatoms. The molecule has 0 aromatic rings. The summed E-state index contributed by atoms with van der Waals surface area (Å²) in [6.45, 7) is 9.96. The first-order valence-corrected chi connectivity index (χ1v) is 5.67. The van der Waals surface area contributed by atoms with Crippen molar-refractivity contribution in [2.45, 2.75) is 13.8 Å². The minimum atomic E-state index is 0.837. The van der Waals surface area contributed by atoms with Gasteiger partial charge in [0.1, 0.15) is 11.4 Å². The number of hydrogen-bond acceptors (Lipinski definition) is 3. The highest BCUT2D eigenvalue weighted by Crippen LogP contribution is 2.12. The van der Waals surface area contributed by atoms with E-state index in [1.165, 1.54) is 17.1 Å². The lowest BCUT2D eigenvalue weighted by Gasteiger charge is -2.30. The Bertz CT molecular complexity index is 290. The van der Waals surface area contributed by atoms with Crippen molar-refractivity contribution in [1.82, 2.24) is 4.90 Å². The van der Waals surface area contributed by atoms with Crippen LogP contribution >= 0.6 is 0 Å². The van der Waals surface area contributed by atoms with Crippen molar-refractivity contribution in [3.63, 3.8) is 0 Å². The fourth-order valence-corrected chi connectivity index (χ4v) is 2.24. The van der Waals surface area contributed by atoms with Gasteiger partial charge in [-0.2, -0.15) is 0 Å². The Balaban J connectivity index is 2.21. The molecule has 0 saturated carbocycles. The van der Waals surface area contributed by atoms with Gasteiger partial charge in [-0.1, -0.05) is 0 Å². The molecule has 15 heavy (non-hydrogen) atoms. The summed E-state index contributed by atoms with van der Waals surface area (Å²) in [5, 5.41) is 2.30. The Morgan fingerprint density at radius 3 is 2.73 bits per heavy atom. The average Bonchev–Trinajstić information content (AvgIpc) is 2.41. The fourth-order valence-electron chi connectivity index (χ4n) is 2.24. The second kappa shape index (κ2) is 4.77. The molecule has 0 spiro atoms. The van der Waals surface area contributed by atoms with Crippen LogP contribution in [-0.4, -0.2) is 50.0 Å². The maximum atomic E-state index is 5.38. The topological polar surface area (TPSA) is 41.4 Å². The summed E-state index contributed by atoms with van der Waals surface area (Å²) in [7, 11) is 0. The summed E-state index contributed by atoms with van der Waals surface area (Å²) in [5.41, 5.74) is 3.88. The average molecular weight is 210 g/mol. The zero-order valence-electron chi connectivity index (χ0n) is 9.62. The second-order valence-electron chi connectivity index (χ2n) is 4.09. The zero-order valence-corrected chi connectivity index (χ0v) is 9.62. The highest BCUT2D eigenvalue weighted by Gasteiger charge is 2.21. The zero-order chi connectivity index (χ0) is 10.7. The van der Waals surface area contributed by atoms with E-state index in [1.54, 1.807) is 0 Å². The van der Waals surface area contributed by atoms with Gasteiger partial charge in [0.15, 0.2) is 0 Å². The monoisotopic (exact) mass is 210 g/mol. The van der Waals surface area contributed by atoms with E-state index in [2.05, 4.69) is 29.1 Å². The molecule has 0 aromatic carbocycles. The summed E-state index contributed by atoms with van der Waals surface area (Å²) in [5.74, 6) is 0. The molecule has 0 bridgehead atoms. The normalized spacial score (nSPS) is 23.9. The van der Waals surface area contributed by atoms with Crippen molar-refractivity contribution in [3.05, 3.63) is 11.4 Å². The highest BCUT2D eigenvalue weighted by atomic mass is 16.5. The van der Waals surface area contributed by atoms with Crippen LogP contribution < -0.4 is 5.32 Å². The predicted molar refractivity (Wildman–Crippen MR) is 59.9 cm³/mol. The van der Waals surface area contributed by atoms with Gasteiger partial charge in [-0.05, 0) is 6.92 Å². The molecule has 2 aliphatic heterocycles. The Labute approximate surface area is 91.0 Å². The van der Waals surface area contributed by atoms with Crippen LogP contribution in [-0.2, 0) is 4.74 Å². The van der Waals surface area contributed by atoms with E-state index in [0.717, 1.165) is 39.4 Å². The van der Waals surface area contributed by atoms with E-state index in [9.17, 15) is 0 Å². The summed E-state index contributed by atoms with van der Waals surface area (Å²) >= 11 is 0. The van der Waals surface area contributed by atoms with Crippen LogP contribution in [0.25, 0.3) is 0 Å². The van der Waals surface area contributed by atoms with Crippen LogP contribution in [0.1, 0.15) is 13.8 Å². The number of nitrogens with zero attached hydrogens (tertiary/aromatic N) is 2. The Morgan fingerprint density at radius 1 is 1.27 bits per heavy atom. The smallest absolute Gasteiger partial charge is 0.128 e. The molecule has 2 N–H and O–H groups in total. The van der Waals surface area contributed by atoms with Gasteiger partial charge in [-0.3, -0.25) is 4.99 Å². The summed E-state index contributed by atoms with van der Waals surface area (Å²) in [4.78, 5) is 6.98. The van der Waals surface area contributed by atoms with Crippen LogP contribution in [0.5, 0.6) is 0 Å². The quantitative estimate of drug-likeness (QED) is 0.639. The molecule has 2 heterocycles. The molecule has 0 amide bonds. The number of aliphatic imine (C=N–C) groups is 1. The number of rotatable bonds is 1. The van der Waals surface area contributed by atoms with Gasteiger partial charge in [0, 0.05) is 20.0 Å². The van der Waals surface area contributed by atoms with Crippen LogP contribution in [0, 0.1) is 0 Å². The van der Waals surface area contributed by atoms with Gasteiger partial charge in [0.25, 0.3) is 0 Å². The molecule has 1 saturated heterocycles. The Kier molecular flexibility index (Phi) is 3.38. The van der Waals surface area contributed by atoms with Gasteiger partial charge >= 0.3 is 0 Å². The van der Waals surface area contributed by atoms with Crippen molar-refractivity contribution in [1.29, 1.82) is 0 Å². The van der Waals surface area contributed by atoms with Crippen LogP contribution in [0.4, 0.5) is 0 Å². The van der Waals surface area contributed by atoms with E-state index in [1.807, 2.05) is 0 Å². The minimum absolute atomic E-state index is 0.837. The van der Waals surface area contributed by atoms with Crippen molar-refractivity contribution in [2.24, 2.45) is 4.99 Å². The van der Waals surface area contributed by atoms with Crippen LogP contribution in [0.2, 0.25) is 0 Å². The molecule has 0 radical (unpaired) electrons. The third kappa shape index (κ3) is 2.38. The van der Waals surface area contributed by atoms with E-state index in [4.69, 9.17) is 4.74 Å². The maximum Gasteiger partial charge on any atom is 0.128 e. The third-order valence-corrected chi connectivity index (χ3v) is 2.97. The molecular formula is C11H20N3O+. The van der Waals surface area contributed by atoms with Crippen molar-refractivity contribution >= 4 is 5.71 Å². The lowest BCUT2D eigenvalue weighted by molar-refractivity contribution is -0.604. The van der Waals surface area contributed by atoms with E-state index in [-0.39, 0.29) is 0 Å². The summed E-state index contributed by atoms with van der Waals surface area (Å²) in [6, 6.07) is 0. The van der Waals surface area contributed by atoms with Crippen LogP contribution in [0.15, 0.2) is 16.4 Å². The predicted octanol–water partition coefficient (Wildman–Crippen LogP) is -0.412. The number of quaternary nitrogens is 1. The minimum Gasteiger partial charge on any atom is -0.378 e. The molecule has 2 aliphatic rings. The molecule has 1 fully saturated rings. The number of ether oxygens (including phenoxy) is 1. The molecule has 84 valence electrons. The number of nitrogens with two attached hydrogens (primary N) is 1. The fraction of sp³-hybridized carbons (Fsp3) is 0.727. The van der Waals surface area contributed by atoms with Crippen molar-refractivity contribution in [3.8, 4) is 0 Å². The lowest BCUT2D eigenvalue weighted by Crippen LogP contribution is -2.82. The van der Waals surface area contributed by atoms with E-state index >= 15 is 0 Å². The molecular weight excluding hydrogens is 190 g/mol. The largest absolute Gasteiger partial charge is 0.378 e. The van der Waals surface area contributed by atoms with E-state index in [0.29, 0.717) is 0 Å². The SMILES string of the molecule is CC1=NCC[NH2+]C(C)=C1N1CCOCC1. The highest BCUT2D eigenvalue weighted by molar-refractivity contribution is 5.98.